The Morgan fingerprint density at radius 3 is 2.00 bits per heavy atom. The highest BCUT2D eigenvalue weighted by atomic mass is 19.4. The molecule has 0 bridgehead atoms. The monoisotopic (exact) mass is 536 g/mol. The van der Waals surface area contributed by atoms with Crippen LogP contribution >= 0.6 is 0 Å². The smallest absolute Gasteiger partial charge is 0.308 e. The van der Waals surface area contributed by atoms with Gasteiger partial charge in [0.05, 0.1) is 23.7 Å². The molecule has 0 spiro atoms. The van der Waals surface area contributed by atoms with E-state index in [1.807, 2.05) is 0 Å². The molecule has 0 N–H and O–H groups in total. The van der Waals surface area contributed by atoms with E-state index in [9.17, 15) is 39.5 Å². The Morgan fingerprint density at radius 2 is 1.49 bits per heavy atom. The van der Waals surface area contributed by atoms with Crippen LogP contribution in [-0.4, -0.2) is 26.8 Å². The third-order valence-corrected chi connectivity index (χ3v) is 5.99. The summed E-state index contributed by atoms with van der Waals surface area (Å²) in [5.41, 5.74) is -3.60. The molecule has 0 saturated carbocycles. The minimum atomic E-state index is -4.99. The molecule has 0 saturated heterocycles. The van der Waals surface area contributed by atoms with Gasteiger partial charge in [-0.1, -0.05) is 11.2 Å². The quantitative estimate of drug-likeness (QED) is 0.358. The first-order valence-corrected chi connectivity index (χ1v) is 10.9. The van der Waals surface area contributed by atoms with Crippen LogP contribution in [-0.2, 0) is 32.0 Å². The predicted molar refractivity (Wildman–Crippen MR) is 114 cm³/mol. The molecule has 5 nitrogen and oxygen atoms in total. The molecule has 0 amide bonds. The lowest BCUT2D eigenvalue weighted by atomic mass is 9.88. The number of halogens is 9. The van der Waals surface area contributed by atoms with Crippen LogP contribution in [0.1, 0.15) is 39.8 Å². The highest BCUT2D eigenvalue weighted by Crippen LogP contribution is 2.42. The van der Waals surface area contributed by atoms with E-state index in [1.54, 1.807) is 6.42 Å². The second-order valence-corrected chi connectivity index (χ2v) is 8.79. The van der Waals surface area contributed by atoms with Crippen molar-refractivity contribution in [3.05, 3.63) is 70.1 Å². The van der Waals surface area contributed by atoms with Gasteiger partial charge in [0, 0.05) is 12.2 Å². The third kappa shape index (κ3) is 5.82. The Morgan fingerprint density at radius 1 is 0.865 bits per heavy atom. The standard InChI is InChI=1S/C23H19F9N5/c1-12-5-15-7-13(6-14-8-16(21(24,25)26)10-17(9-14)22(27,28)29)3-4-37(20-33-35-36(2)34-20)19(15)11-18(12)23(30,31)32/h5,7-11,13H,3-4,6H2,1-2H3/t13-/m1/s1. The lowest BCUT2D eigenvalue weighted by Crippen LogP contribution is -2.22. The Hall–Kier alpha value is -3.32. The first kappa shape index (κ1) is 26.7. The van der Waals surface area contributed by atoms with E-state index in [4.69, 9.17) is 0 Å². The molecule has 1 radical (unpaired) electrons. The number of fused-ring (bicyclic) bond motifs is 1. The Bertz CT molecular complexity index is 1260. The summed E-state index contributed by atoms with van der Waals surface area (Å²) in [6.07, 6.45) is -13.1. The summed E-state index contributed by atoms with van der Waals surface area (Å²) in [6, 6.07) is 3.60. The molecule has 199 valence electrons. The maximum Gasteiger partial charge on any atom is 0.416 e. The maximum atomic E-state index is 13.6. The van der Waals surface area contributed by atoms with Crippen molar-refractivity contribution in [1.82, 2.24) is 20.2 Å². The fraction of sp³-hybridized carbons (Fsp3) is 0.391. The van der Waals surface area contributed by atoms with Gasteiger partial charge in [0.15, 0.2) is 0 Å². The van der Waals surface area contributed by atoms with Crippen molar-refractivity contribution in [3.8, 4) is 0 Å². The fourth-order valence-corrected chi connectivity index (χ4v) is 4.33. The first-order valence-electron chi connectivity index (χ1n) is 10.9. The van der Waals surface area contributed by atoms with E-state index < -0.39 is 41.1 Å². The highest BCUT2D eigenvalue weighted by Gasteiger charge is 2.38. The summed E-state index contributed by atoms with van der Waals surface area (Å²) in [6.45, 7) is 1.31. The number of hydrogen-bond donors (Lipinski definition) is 0. The second kappa shape index (κ2) is 9.21. The summed E-state index contributed by atoms with van der Waals surface area (Å²) < 4.78 is 121. The number of benzene rings is 2. The molecule has 0 unspecified atom stereocenters. The number of hydrogen-bond acceptors (Lipinski definition) is 4. The molecule has 37 heavy (non-hydrogen) atoms. The van der Waals surface area contributed by atoms with Gasteiger partial charge >= 0.3 is 18.5 Å². The maximum absolute atomic E-state index is 13.6. The molecule has 0 aliphatic carbocycles. The zero-order valence-electron chi connectivity index (χ0n) is 19.3. The molecular weight excluding hydrogens is 517 g/mol. The van der Waals surface area contributed by atoms with Crippen molar-refractivity contribution >= 4 is 11.6 Å². The average molecular weight is 536 g/mol. The molecule has 1 aliphatic rings. The molecular formula is C23H19F9N5. The van der Waals surface area contributed by atoms with Gasteiger partial charge in [-0.3, -0.25) is 0 Å². The van der Waals surface area contributed by atoms with Gasteiger partial charge in [0.1, 0.15) is 0 Å². The minimum Gasteiger partial charge on any atom is -0.308 e. The van der Waals surface area contributed by atoms with Crippen LogP contribution in [0.15, 0.2) is 30.3 Å². The molecule has 1 aliphatic heterocycles. The lowest BCUT2D eigenvalue weighted by molar-refractivity contribution is -0.143. The number of aryl methyl sites for hydroxylation is 2. The SMILES string of the molecule is Cc1cc2c(cc1C(F)(F)F)N(c1nnn(C)n1)CC[C@H](Cc1cc(C(F)(F)F)cc(C(F)(F)F)c1)[CH]2. The van der Waals surface area contributed by atoms with Crippen LogP contribution in [0, 0.1) is 19.3 Å². The zero-order valence-corrected chi connectivity index (χ0v) is 19.3. The molecule has 1 aromatic heterocycles. The average Bonchev–Trinajstić information content (AvgIpc) is 3.10. The Balaban J connectivity index is 1.75. The van der Waals surface area contributed by atoms with Gasteiger partial charge in [-0.2, -0.15) is 44.3 Å². The minimum absolute atomic E-state index is 0.00760. The summed E-state index contributed by atoms with van der Waals surface area (Å²) in [4.78, 5) is 2.52. The first-order chi connectivity index (χ1) is 17.0. The van der Waals surface area contributed by atoms with E-state index in [1.165, 1.54) is 24.9 Å². The van der Waals surface area contributed by atoms with E-state index in [-0.39, 0.29) is 48.2 Å². The van der Waals surface area contributed by atoms with Crippen LogP contribution in [0.4, 0.5) is 51.1 Å². The molecule has 4 rings (SSSR count). The Kier molecular flexibility index (Phi) is 6.65. The van der Waals surface area contributed by atoms with Crippen LogP contribution in [0.25, 0.3) is 0 Å². The largest absolute Gasteiger partial charge is 0.416 e. The normalized spacial score (nSPS) is 17.1. The van der Waals surface area contributed by atoms with Crippen LogP contribution < -0.4 is 4.90 Å². The van der Waals surface area contributed by atoms with Crippen molar-refractivity contribution in [2.75, 3.05) is 11.4 Å². The van der Waals surface area contributed by atoms with Gasteiger partial charge < -0.3 is 4.90 Å². The molecule has 14 heteroatoms. The van der Waals surface area contributed by atoms with E-state index >= 15 is 0 Å². The number of anilines is 2. The van der Waals surface area contributed by atoms with E-state index in [0.29, 0.717) is 17.7 Å². The number of alkyl halides is 9. The van der Waals surface area contributed by atoms with Crippen molar-refractivity contribution in [2.45, 2.75) is 38.3 Å². The van der Waals surface area contributed by atoms with Crippen molar-refractivity contribution in [3.63, 3.8) is 0 Å². The van der Waals surface area contributed by atoms with Crippen LogP contribution in [0.3, 0.4) is 0 Å². The van der Waals surface area contributed by atoms with E-state index in [0.717, 1.165) is 10.9 Å². The van der Waals surface area contributed by atoms with Crippen LogP contribution in [0.5, 0.6) is 0 Å². The van der Waals surface area contributed by atoms with Gasteiger partial charge in [0.25, 0.3) is 5.95 Å². The topological polar surface area (TPSA) is 46.8 Å². The molecule has 3 aromatic rings. The summed E-state index contributed by atoms with van der Waals surface area (Å²) in [7, 11) is 1.46. The fourth-order valence-electron chi connectivity index (χ4n) is 4.33. The van der Waals surface area contributed by atoms with Gasteiger partial charge in [-0.05, 0) is 78.3 Å². The van der Waals surface area contributed by atoms with Crippen molar-refractivity contribution < 1.29 is 39.5 Å². The summed E-state index contributed by atoms with van der Waals surface area (Å²) >= 11 is 0. The summed E-state index contributed by atoms with van der Waals surface area (Å²) in [5, 5.41) is 11.6. The Labute approximate surface area is 204 Å². The van der Waals surface area contributed by atoms with Crippen molar-refractivity contribution in [1.29, 1.82) is 0 Å². The van der Waals surface area contributed by atoms with Gasteiger partial charge in [0.2, 0.25) is 0 Å². The number of nitrogens with zero attached hydrogens (tertiary/aromatic N) is 5. The molecule has 0 fully saturated rings. The van der Waals surface area contributed by atoms with Crippen molar-refractivity contribution in [2.24, 2.45) is 13.0 Å². The lowest BCUT2D eigenvalue weighted by Gasteiger charge is -2.23. The second-order valence-electron chi connectivity index (χ2n) is 8.79. The molecule has 2 heterocycles. The number of tetrazole rings is 1. The highest BCUT2D eigenvalue weighted by molar-refractivity contribution is 5.67. The van der Waals surface area contributed by atoms with E-state index in [2.05, 4.69) is 15.4 Å². The van der Waals surface area contributed by atoms with Gasteiger partial charge in [-0.25, -0.2) is 0 Å². The predicted octanol–water partition coefficient (Wildman–Crippen LogP) is 6.53. The van der Waals surface area contributed by atoms with Crippen LogP contribution in [0.2, 0.25) is 0 Å². The summed E-state index contributed by atoms with van der Waals surface area (Å²) in [5.74, 6) is -0.589. The number of aromatic nitrogens is 4. The molecule has 2 aromatic carbocycles. The van der Waals surface area contributed by atoms with Gasteiger partial charge in [-0.15, -0.1) is 5.10 Å². The number of rotatable bonds is 3. The third-order valence-electron chi connectivity index (χ3n) is 5.99. The zero-order chi connectivity index (χ0) is 27.3. The molecule has 1 atom stereocenters.